The van der Waals surface area contributed by atoms with E-state index in [1.54, 1.807) is 6.08 Å². The molecule has 2 saturated heterocycles. The van der Waals surface area contributed by atoms with Gasteiger partial charge < -0.3 is 24.6 Å². The highest BCUT2D eigenvalue weighted by molar-refractivity contribution is 5.99. The van der Waals surface area contributed by atoms with Crippen molar-refractivity contribution in [3.63, 3.8) is 0 Å². The van der Waals surface area contributed by atoms with E-state index < -0.39 is 17.1 Å². The van der Waals surface area contributed by atoms with Crippen LogP contribution < -0.4 is 0 Å². The molecule has 0 aromatic heterocycles. The number of epoxide rings is 1. The van der Waals surface area contributed by atoms with Gasteiger partial charge in [-0.2, -0.15) is 0 Å². The summed E-state index contributed by atoms with van der Waals surface area (Å²) in [6.07, 6.45) is 6.71. The van der Waals surface area contributed by atoms with E-state index in [1.165, 1.54) is 0 Å². The van der Waals surface area contributed by atoms with Gasteiger partial charge in [0.2, 0.25) is 0 Å². The lowest BCUT2D eigenvalue weighted by Crippen LogP contribution is -2.65. The largest absolute Gasteiger partial charge is 0.458 e. The van der Waals surface area contributed by atoms with Crippen LogP contribution in [0.4, 0.5) is 0 Å². The first kappa shape index (κ1) is 24.3. The van der Waals surface area contributed by atoms with Crippen molar-refractivity contribution < 1.29 is 29.3 Å². The van der Waals surface area contributed by atoms with E-state index in [0.29, 0.717) is 29.7 Å². The number of allylic oxidation sites excluding steroid dienone is 1. The first-order valence-corrected chi connectivity index (χ1v) is 14.4. The van der Waals surface area contributed by atoms with Crippen molar-refractivity contribution in [2.24, 2.45) is 40.4 Å². The van der Waals surface area contributed by atoms with E-state index in [-0.39, 0.29) is 47.8 Å². The third-order valence-electron chi connectivity index (χ3n) is 12.5. The summed E-state index contributed by atoms with van der Waals surface area (Å²) >= 11 is 0. The van der Waals surface area contributed by atoms with Crippen LogP contribution in [0.1, 0.15) is 66.2 Å². The minimum absolute atomic E-state index is 0.0517. The number of carbonyl (C=O) groups is 2. The normalized spacial score (nSPS) is 50.9. The molecule has 7 aliphatic rings. The summed E-state index contributed by atoms with van der Waals surface area (Å²) in [6, 6.07) is 0. The van der Waals surface area contributed by atoms with Crippen LogP contribution in [0.5, 0.6) is 0 Å². The van der Waals surface area contributed by atoms with Crippen LogP contribution in [0.15, 0.2) is 22.9 Å². The number of aliphatic hydroxyl groups excluding tert-OH is 2. The smallest absolute Gasteiger partial charge is 0.336 e. The molecule has 4 aliphatic carbocycles. The number of hydrogen-bond donors (Lipinski definition) is 2. The highest BCUT2D eigenvalue weighted by Crippen LogP contribution is 2.73. The van der Waals surface area contributed by atoms with E-state index in [1.807, 2.05) is 6.92 Å². The average molecular weight is 512 g/mol. The van der Waals surface area contributed by atoms with E-state index in [0.717, 1.165) is 56.5 Å². The molecular weight excluding hydrogens is 470 g/mol. The summed E-state index contributed by atoms with van der Waals surface area (Å²) in [7, 11) is 0. The third-order valence-corrected chi connectivity index (χ3v) is 12.5. The van der Waals surface area contributed by atoms with Gasteiger partial charge in [-0.1, -0.05) is 19.4 Å². The Morgan fingerprint density at radius 2 is 1.92 bits per heavy atom. The maximum Gasteiger partial charge on any atom is 0.336 e. The molecule has 37 heavy (non-hydrogen) atoms. The first-order chi connectivity index (χ1) is 17.6. The molecule has 0 radical (unpaired) electrons. The van der Waals surface area contributed by atoms with Crippen molar-refractivity contribution in [1.29, 1.82) is 0 Å². The van der Waals surface area contributed by atoms with Gasteiger partial charge in [0.25, 0.3) is 0 Å². The van der Waals surface area contributed by atoms with E-state index in [9.17, 15) is 19.8 Å². The molecule has 0 unspecified atom stereocenters. The molecule has 3 heterocycles. The van der Waals surface area contributed by atoms with Crippen LogP contribution in [0, 0.1) is 40.4 Å². The van der Waals surface area contributed by atoms with Gasteiger partial charge in [0, 0.05) is 31.3 Å². The fourth-order valence-electron chi connectivity index (χ4n) is 10.3. The molecule has 3 aliphatic heterocycles. The summed E-state index contributed by atoms with van der Waals surface area (Å²) in [5.74, 6) is 1.60. The van der Waals surface area contributed by atoms with Crippen LogP contribution in [-0.4, -0.2) is 70.5 Å². The van der Waals surface area contributed by atoms with Crippen molar-refractivity contribution >= 4 is 11.8 Å². The number of aliphatic hydroxyl groups is 2. The number of ether oxygens (including phenoxy) is 2. The zero-order chi connectivity index (χ0) is 26.1. The lowest BCUT2D eigenvalue weighted by Gasteiger charge is -2.58. The molecule has 0 aromatic carbocycles. The zero-order valence-corrected chi connectivity index (χ0v) is 22.5. The number of esters is 1. The molecule has 7 nitrogen and oxygen atoms in total. The van der Waals surface area contributed by atoms with Crippen LogP contribution in [0.3, 0.4) is 0 Å². The third kappa shape index (κ3) is 2.94. The zero-order valence-electron chi connectivity index (χ0n) is 22.5. The van der Waals surface area contributed by atoms with Crippen molar-refractivity contribution in [3.8, 4) is 0 Å². The Morgan fingerprint density at radius 3 is 2.59 bits per heavy atom. The van der Waals surface area contributed by atoms with Gasteiger partial charge in [-0.3, -0.25) is 4.79 Å². The number of carbonyl (C=O) groups excluding carboxylic acids is 2. The minimum Gasteiger partial charge on any atom is -0.458 e. The predicted octanol–water partition coefficient (Wildman–Crippen LogP) is 3.00. The summed E-state index contributed by atoms with van der Waals surface area (Å²) in [6.45, 7) is 10.3. The Labute approximate surface area is 219 Å². The van der Waals surface area contributed by atoms with E-state index in [2.05, 4.69) is 25.7 Å². The second-order valence-electron chi connectivity index (χ2n) is 13.7. The Bertz CT molecular complexity index is 1130. The Kier molecular flexibility index (Phi) is 5.06. The molecule has 11 atom stereocenters. The summed E-state index contributed by atoms with van der Waals surface area (Å²) in [5, 5.41) is 21.0. The second kappa shape index (κ2) is 7.70. The van der Waals surface area contributed by atoms with Crippen molar-refractivity contribution in [3.05, 3.63) is 22.9 Å². The molecule has 3 saturated carbocycles. The quantitative estimate of drug-likeness (QED) is 0.442. The minimum atomic E-state index is -0.748. The number of fused-ring (bicyclic) bond motifs is 4. The molecule has 7 heteroatoms. The molecular formula is C30H41NO6. The number of rotatable bonds is 4. The molecule has 7 rings (SSSR count). The fraction of sp³-hybridized carbons (Fsp3) is 0.800. The topological polar surface area (TPSA) is 99.4 Å². The second-order valence-corrected chi connectivity index (χ2v) is 13.7. The molecule has 1 spiro atoms. The van der Waals surface area contributed by atoms with Crippen LogP contribution >= 0.6 is 0 Å². The highest BCUT2D eigenvalue weighted by Gasteiger charge is 2.81. The maximum absolute atomic E-state index is 13.8. The predicted molar refractivity (Wildman–Crippen MR) is 135 cm³/mol. The number of nitrogens with zero attached hydrogens (tertiary/aromatic N) is 1. The molecule has 0 aromatic rings. The summed E-state index contributed by atoms with van der Waals surface area (Å²) < 4.78 is 12.3. The van der Waals surface area contributed by atoms with Gasteiger partial charge in [0.05, 0.1) is 23.7 Å². The lowest BCUT2D eigenvalue weighted by molar-refractivity contribution is -0.156. The highest BCUT2D eigenvalue weighted by atomic mass is 16.6. The fourth-order valence-corrected chi connectivity index (χ4v) is 10.3. The number of ketones is 1. The maximum atomic E-state index is 13.8. The van der Waals surface area contributed by atoms with Gasteiger partial charge in [-0.25, -0.2) is 4.79 Å². The Hall–Kier alpha value is -1.70. The van der Waals surface area contributed by atoms with Crippen molar-refractivity contribution in [2.75, 3.05) is 19.7 Å². The van der Waals surface area contributed by atoms with Crippen molar-refractivity contribution in [2.45, 2.75) is 90.1 Å². The summed E-state index contributed by atoms with van der Waals surface area (Å²) in [5.41, 5.74) is 0.843. The Balaban J connectivity index is 1.16. The van der Waals surface area contributed by atoms with Gasteiger partial charge in [-0.05, 0) is 81.0 Å². The van der Waals surface area contributed by atoms with Gasteiger partial charge >= 0.3 is 5.97 Å². The van der Waals surface area contributed by atoms with Crippen LogP contribution in [0.2, 0.25) is 0 Å². The molecule has 202 valence electrons. The Morgan fingerprint density at radius 1 is 1.16 bits per heavy atom. The van der Waals surface area contributed by atoms with Crippen LogP contribution in [-0.2, 0) is 19.1 Å². The number of hydrogen-bond acceptors (Lipinski definition) is 7. The van der Waals surface area contributed by atoms with Gasteiger partial charge in [-0.15, -0.1) is 0 Å². The van der Waals surface area contributed by atoms with Gasteiger partial charge in [0.1, 0.15) is 17.8 Å². The summed E-state index contributed by atoms with van der Waals surface area (Å²) in [4.78, 5) is 28.5. The SMILES string of the molecule is CC1=C(CO)C(=O)O[C@@H]([C@@H](C)[C@H]2CC[C@H]3[C@@H]4C[C@H]5O[C@@]56[C@@H](O)C(N5CC5)=CC(=O)[C@]6(C)[C@H]4CC[C@]23C)C1. The average Bonchev–Trinajstić information content (AvgIpc) is 3.77. The molecule has 5 fully saturated rings. The van der Waals surface area contributed by atoms with E-state index >= 15 is 0 Å². The van der Waals surface area contributed by atoms with Crippen molar-refractivity contribution in [1.82, 2.24) is 4.90 Å². The number of cyclic esters (lactones) is 1. The van der Waals surface area contributed by atoms with Crippen LogP contribution in [0.25, 0.3) is 0 Å². The lowest BCUT2D eigenvalue weighted by atomic mass is 9.44. The molecule has 0 amide bonds. The molecule has 2 N–H and O–H groups in total. The van der Waals surface area contributed by atoms with Gasteiger partial charge in [0.15, 0.2) is 5.78 Å². The molecule has 0 bridgehead atoms. The standard InChI is InChI=1S/C30H41NO6/c1-15-11-23(36-27(35)18(15)14-32)16(2)19-5-6-20-17-12-25-30(37-25)26(34)22(31-9-10-31)13-24(33)29(30,4)21(17)7-8-28(19,20)3/h13,16-17,19-21,23,25-26,32,34H,5-12,14H2,1-4H3/t16-,17-,19+,20-,21-,23+,25+,26-,28+,29-,30+/m0/s1. The first-order valence-electron chi connectivity index (χ1n) is 14.4. The van der Waals surface area contributed by atoms with E-state index in [4.69, 9.17) is 9.47 Å². The monoisotopic (exact) mass is 511 g/mol.